The molecule has 0 spiro atoms. The van der Waals surface area contributed by atoms with Gasteiger partial charge in [-0.15, -0.1) is 0 Å². The van der Waals surface area contributed by atoms with E-state index in [0.717, 1.165) is 81.2 Å². The molecule has 32 heavy (non-hydrogen) atoms. The Morgan fingerprint density at radius 1 is 1.03 bits per heavy atom. The molecule has 1 unspecified atom stereocenters. The minimum Gasteiger partial charge on any atom is -0.495 e. The summed E-state index contributed by atoms with van der Waals surface area (Å²) in [6.45, 7) is 8.60. The summed E-state index contributed by atoms with van der Waals surface area (Å²) >= 11 is 0. The fourth-order valence-corrected chi connectivity index (χ4v) is 5.17. The highest BCUT2D eigenvalue weighted by atomic mass is 16.5. The van der Waals surface area contributed by atoms with Crippen molar-refractivity contribution in [3.05, 3.63) is 47.3 Å². The summed E-state index contributed by atoms with van der Waals surface area (Å²) in [6.07, 6.45) is 3.84. The van der Waals surface area contributed by atoms with Crippen LogP contribution in [0.1, 0.15) is 40.6 Å². The number of fused-ring (bicyclic) bond motifs is 1. The lowest BCUT2D eigenvalue weighted by Gasteiger charge is -2.37. The molecule has 0 saturated carbocycles. The maximum absolute atomic E-state index is 13.3. The van der Waals surface area contributed by atoms with Gasteiger partial charge in [0.25, 0.3) is 5.91 Å². The highest BCUT2D eigenvalue weighted by molar-refractivity contribution is 5.97. The van der Waals surface area contributed by atoms with E-state index in [-0.39, 0.29) is 12.0 Å². The maximum atomic E-state index is 13.3. The van der Waals surface area contributed by atoms with Crippen molar-refractivity contribution in [2.45, 2.75) is 25.9 Å². The molecule has 0 bridgehead atoms. The number of amides is 1. The topological polar surface area (TPSA) is 50.2 Å². The van der Waals surface area contributed by atoms with Gasteiger partial charge in [0.2, 0.25) is 0 Å². The van der Waals surface area contributed by atoms with Crippen LogP contribution in [0.3, 0.4) is 0 Å². The summed E-state index contributed by atoms with van der Waals surface area (Å²) < 4.78 is 13.3. The minimum atomic E-state index is -0.0271. The normalized spacial score (nSPS) is 19.8. The molecule has 1 fully saturated rings. The van der Waals surface area contributed by atoms with Gasteiger partial charge in [-0.1, -0.05) is 12.1 Å². The smallest absolute Gasteiger partial charge is 0.256 e. The number of nitrogens with zero attached hydrogens (tertiary/aromatic N) is 4. The SMILES string of the molecule is COc1ccccc1N1CCN(CCCN2CCC(OC)c3c(c(C)cn3C)C2=O)CC1. The van der Waals surface area contributed by atoms with Crippen molar-refractivity contribution in [2.75, 3.05) is 64.9 Å². The van der Waals surface area contributed by atoms with E-state index >= 15 is 0 Å². The number of piperazine rings is 1. The third kappa shape index (κ3) is 4.50. The lowest BCUT2D eigenvalue weighted by Crippen LogP contribution is -2.47. The van der Waals surface area contributed by atoms with Gasteiger partial charge >= 0.3 is 0 Å². The average molecular weight is 441 g/mol. The quantitative estimate of drug-likeness (QED) is 0.662. The van der Waals surface area contributed by atoms with Gasteiger partial charge < -0.3 is 23.8 Å². The van der Waals surface area contributed by atoms with Crippen LogP contribution < -0.4 is 9.64 Å². The van der Waals surface area contributed by atoms with Gasteiger partial charge in [0.05, 0.1) is 30.2 Å². The van der Waals surface area contributed by atoms with Gasteiger partial charge in [0.1, 0.15) is 5.75 Å². The average Bonchev–Trinajstić information content (AvgIpc) is 3.02. The molecule has 1 aromatic carbocycles. The Balaban J connectivity index is 1.31. The highest BCUT2D eigenvalue weighted by Gasteiger charge is 2.32. The Kier molecular flexibility index (Phi) is 7.06. The number of anilines is 1. The summed E-state index contributed by atoms with van der Waals surface area (Å²) in [4.78, 5) is 20.2. The number of methoxy groups -OCH3 is 2. The molecule has 2 aromatic rings. The number of hydrogen-bond donors (Lipinski definition) is 0. The number of carbonyl (C=O) groups is 1. The zero-order valence-corrected chi connectivity index (χ0v) is 19.8. The van der Waals surface area contributed by atoms with Gasteiger partial charge in [-0.25, -0.2) is 0 Å². The summed E-state index contributed by atoms with van der Waals surface area (Å²) in [6, 6.07) is 8.23. The Bertz CT molecular complexity index is 933. The third-order valence-corrected chi connectivity index (χ3v) is 6.87. The summed E-state index contributed by atoms with van der Waals surface area (Å²) in [5, 5.41) is 0. The number of carbonyl (C=O) groups excluding carboxylic acids is 1. The molecule has 0 N–H and O–H groups in total. The molecule has 1 atom stereocenters. The minimum absolute atomic E-state index is 0.0271. The van der Waals surface area contributed by atoms with Gasteiger partial charge in [0, 0.05) is 59.6 Å². The molecule has 7 heteroatoms. The predicted molar refractivity (Wildman–Crippen MR) is 127 cm³/mol. The van der Waals surface area contributed by atoms with E-state index in [9.17, 15) is 4.79 Å². The zero-order valence-electron chi connectivity index (χ0n) is 19.8. The Hall–Kier alpha value is -2.51. The Labute approximate surface area is 191 Å². The summed E-state index contributed by atoms with van der Waals surface area (Å²) in [7, 11) is 5.47. The summed E-state index contributed by atoms with van der Waals surface area (Å²) in [5.74, 6) is 1.09. The predicted octanol–water partition coefficient (Wildman–Crippen LogP) is 3.09. The van der Waals surface area contributed by atoms with Crippen LogP contribution in [0, 0.1) is 6.92 Å². The van der Waals surface area contributed by atoms with Crippen LogP contribution in [0.2, 0.25) is 0 Å². The molecule has 1 saturated heterocycles. The first kappa shape index (κ1) is 22.7. The number of rotatable bonds is 7. The van der Waals surface area contributed by atoms with Crippen molar-refractivity contribution < 1.29 is 14.3 Å². The number of ether oxygens (including phenoxy) is 2. The van der Waals surface area contributed by atoms with E-state index in [1.165, 1.54) is 5.69 Å². The summed E-state index contributed by atoms with van der Waals surface area (Å²) in [5.41, 5.74) is 4.06. The van der Waals surface area contributed by atoms with Crippen LogP contribution in [0.5, 0.6) is 5.75 Å². The van der Waals surface area contributed by atoms with Crippen molar-refractivity contribution in [3.8, 4) is 5.75 Å². The number of aromatic nitrogens is 1. The van der Waals surface area contributed by atoms with Gasteiger partial charge in [-0.05, 0) is 44.0 Å². The van der Waals surface area contributed by atoms with Crippen LogP contribution in [0.15, 0.2) is 30.5 Å². The molecule has 174 valence electrons. The molecule has 4 rings (SSSR count). The van der Waals surface area contributed by atoms with E-state index in [1.54, 1.807) is 14.2 Å². The van der Waals surface area contributed by atoms with Crippen molar-refractivity contribution in [3.63, 3.8) is 0 Å². The maximum Gasteiger partial charge on any atom is 0.256 e. The Morgan fingerprint density at radius 2 is 1.78 bits per heavy atom. The van der Waals surface area contributed by atoms with Crippen LogP contribution >= 0.6 is 0 Å². The fourth-order valence-electron chi connectivity index (χ4n) is 5.17. The van der Waals surface area contributed by atoms with Crippen LogP contribution in [-0.2, 0) is 11.8 Å². The van der Waals surface area contributed by atoms with Gasteiger partial charge in [-0.2, -0.15) is 0 Å². The second kappa shape index (κ2) is 9.96. The first-order valence-corrected chi connectivity index (χ1v) is 11.6. The molecule has 2 aliphatic heterocycles. The fraction of sp³-hybridized carbons (Fsp3) is 0.560. The molecule has 7 nitrogen and oxygen atoms in total. The monoisotopic (exact) mass is 440 g/mol. The standard InChI is InChI=1S/C25H36N4O3/c1-19-18-26(2)24-22(32-4)10-13-29(25(30)23(19)24)12-7-11-27-14-16-28(17-15-27)20-8-5-6-9-21(20)31-3/h5-6,8-9,18,22H,7,10-17H2,1-4H3. The van der Waals surface area contributed by atoms with Crippen LogP contribution in [0.25, 0.3) is 0 Å². The molecular formula is C25H36N4O3. The van der Waals surface area contributed by atoms with Crippen molar-refractivity contribution in [1.82, 2.24) is 14.4 Å². The molecular weight excluding hydrogens is 404 g/mol. The lowest BCUT2D eigenvalue weighted by molar-refractivity contribution is 0.0688. The molecule has 3 heterocycles. The molecule has 1 amide bonds. The molecule has 1 aromatic heterocycles. The van der Waals surface area contributed by atoms with Crippen molar-refractivity contribution >= 4 is 11.6 Å². The van der Waals surface area contributed by atoms with Crippen molar-refractivity contribution in [1.29, 1.82) is 0 Å². The van der Waals surface area contributed by atoms with Crippen LogP contribution in [-0.4, -0.2) is 80.3 Å². The number of para-hydroxylation sites is 2. The molecule has 2 aliphatic rings. The van der Waals surface area contributed by atoms with Gasteiger partial charge in [-0.3, -0.25) is 9.69 Å². The largest absolute Gasteiger partial charge is 0.495 e. The zero-order chi connectivity index (χ0) is 22.7. The second-order valence-electron chi connectivity index (χ2n) is 8.84. The third-order valence-electron chi connectivity index (χ3n) is 6.87. The Morgan fingerprint density at radius 3 is 2.50 bits per heavy atom. The van der Waals surface area contributed by atoms with E-state index < -0.39 is 0 Å². The molecule has 0 radical (unpaired) electrons. The van der Waals surface area contributed by atoms with Gasteiger partial charge in [0.15, 0.2) is 0 Å². The number of hydrogen-bond acceptors (Lipinski definition) is 5. The first-order valence-electron chi connectivity index (χ1n) is 11.6. The van der Waals surface area contributed by atoms with Crippen LogP contribution in [0.4, 0.5) is 5.69 Å². The molecule has 0 aliphatic carbocycles. The van der Waals surface area contributed by atoms with E-state index in [2.05, 4.69) is 26.5 Å². The first-order chi connectivity index (χ1) is 15.5. The second-order valence-corrected chi connectivity index (χ2v) is 8.84. The lowest BCUT2D eigenvalue weighted by atomic mass is 10.1. The highest BCUT2D eigenvalue weighted by Crippen LogP contribution is 2.32. The van der Waals surface area contributed by atoms with E-state index in [4.69, 9.17) is 9.47 Å². The van der Waals surface area contributed by atoms with E-state index in [1.807, 2.05) is 37.2 Å². The van der Waals surface area contributed by atoms with E-state index in [0.29, 0.717) is 0 Å². The van der Waals surface area contributed by atoms with Crippen molar-refractivity contribution in [2.24, 2.45) is 7.05 Å². The number of aryl methyl sites for hydroxylation is 2. The number of benzene rings is 1.